The lowest BCUT2D eigenvalue weighted by atomic mass is 10.1. The van der Waals surface area contributed by atoms with Gasteiger partial charge in [0.15, 0.2) is 0 Å². The summed E-state index contributed by atoms with van der Waals surface area (Å²) >= 11 is 0. The number of hydrogen-bond donors (Lipinski definition) is 2. The molecule has 0 aliphatic heterocycles. The Morgan fingerprint density at radius 2 is 1.56 bits per heavy atom. The highest BCUT2D eigenvalue weighted by Gasteiger charge is 2.14. The second-order valence-corrected chi connectivity index (χ2v) is 7.79. The second kappa shape index (κ2) is 12.4. The monoisotopic (exact) mass is 483 g/mol. The molecule has 0 bridgehead atoms. The van der Waals surface area contributed by atoms with Crippen LogP contribution in [0.1, 0.15) is 21.5 Å². The van der Waals surface area contributed by atoms with Crippen molar-refractivity contribution in [2.75, 3.05) is 19.0 Å². The molecule has 0 saturated heterocycles. The number of carbonyl (C=O) groups excluding carboxylic acids is 2. The summed E-state index contributed by atoms with van der Waals surface area (Å²) in [6, 6.07) is 22.1. The maximum atomic E-state index is 12.8. The lowest BCUT2D eigenvalue weighted by Crippen LogP contribution is -2.32. The van der Waals surface area contributed by atoms with Gasteiger partial charge in [-0.25, -0.2) is 5.43 Å². The number of amides is 2. The first-order valence-electron chi connectivity index (χ1n) is 10.9. The average Bonchev–Trinajstić information content (AvgIpc) is 2.89. The molecule has 0 radical (unpaired) electrons. The van der Waals surface area contributed by atoms with Gasteiger partial charge < -0.3 is 10.2 Å². The number of allylic oxidation sites excluding steroid dienone is 1. The molecule has 3 rings (SSSR count). The van der Waals surface area contributed by atoms with Gasteiger partial charge in [-0.1, -0.05) is 36.4 Å². The summed E-state index contributed by atoms with van der Waals surface area (Å²) in [6.07, 6.45) is 6.19. The fraction of sp³-hybridized carbons (Fsp3) is 0.0741. The highest BCUT2D eigenvalue weighted by Crippen LogP contribution is 2.15. The van der Waals surface area contributed by atoms with Crippen molar-refractivity contribution < 1.29 is 14.5 Å². The number of benzene rings is 3. The first kappa shape index (κ1) is 25.6. The minimum Gasteiger partial charge on any atom is -0.378 e. The van der Waals surface area contributed by atoms with Crippen molar-refractivity contribution >= 4 is 41.6 Å². The van der Waals surface area contributed by atoms with Crippen LogP contribution in [0, 0.1) is 10.1 Å². The minimum atomic E-state index is -0.601. The normalized spacial score (nSPS) is 11.4. The largest absolute Gasteiger partial charge is 0.378 e. The maximum absolute atomic E-state index is 12.8. The van der Waals surface area contributed by atoms with E-state index in [0.717, 1.165) is 16.8 Å². The molecule has 2 N–H and O–H groups in total. The van der Waals surface area contributed by atoms with Gasteiger partial charge in [-0.3, -0.25) is 19.7 Å². The number of hydrazone groups is 1. The summed E-state index contributed by atoms with van der Waals surface area (Å²) in [7, 11) is 3.86. The summed E-state index contributed by atoms with van der Waals surface area (Å²) in [5.41, 5.74) is 5.29. The highest BCUT2D eigenvalue weighted by atomic mass is 16.6. The molecule has 9 heteroatoms. The third-order valence-corrected chi connectivity index (χ3v) is 4.97. The van der Waals surface area contributed by atoms with Crippen molar-refractivity contribution in [3.05, 3.63) is 117 Å². The Bertz CT molecular complexity index is 1300. The Morgan fingerprint density at radius 1 is 0.917 bits per heavy atom. The molecule has 3 aromatic rings. The van der Waals surface area contributed by atoms with Crippen LogP contribution >= 0.6 is 0 Å². The smallest absolute Gasteiger partial charge is 0.287 e. The van der Waals surface area contributed by atoms with Crippen LogP contribution in [0.3, 0.4) is 0 Å². The first-order chi connectivity index (χ1) is 17.3. The SMILES string of the molecule is CN(C)c1ccc(/C=C(\NC(=O)c2ccccc2)C(=O)N/N=C\C=C\c2ccc([N+](=O)[O-])cc2)cc1. The molecule has 36 heavy (non-hydrogen) atoms. The number of carbonyl (C=O) groups is 2. The summed E-state index contributed by atoms with van der Waals surface area (Å²) in [4.78, 5) is 37.7. The molecule has 3 aromatic carbocycles. The Balaban J connectivity index is 1.72. The average molecular weight is 484 g/mol. The van der Waals surface area contributed by atoms with E-state index in [1.54, 1.807) is 60.7 Å². The van der Waals surface area contributed by atoms with Crippen molar-refractivity contribution in [3.8, 4) is 0 Å². The van der Waals surface area contributed by atoms with Crippen LogP contribution in [0.2, 0.25) is 0 Å². The standard InChI is InChI=1S/C27H25N5O4/c1-31(2)23-14-12-21(13-15-23)19-25(29-26(33)22-8-4-3-5-9-22)27(34)30-28-18-6-7-20-10-16-24(17-11-20)32(35)36/h3-19H,1-2H3,(H,29,33)(H,30,34)/b7-6+,25-19-,28-18-. The number of nitrogens with zero attached hydrogens (tertiary/aromatic N) is 3. The number of nitrogens with one attached hydrogen (secondary N) is 2. The molecule has 0 aliphatic rings. The molecule has 9 nitrogen and oxygen atoms in total. The van der Waals surface area contributed by atoms with E-state index >= 15 is 0 Å². The van der Waals surface area contributed by atoms with Crippen LogP contribution < -0.4 is 15.6 Å². The third kappa shape index (κ3) is 7.49. The Morgan fingerprint density at radius 3 is 2.17 bits per heavy atom. The lowest BCUT2D eigenvalue weighted by molar-refractivity contribution is -0.384. The van der Waals surface area contributed by atoms with E-state index in [1.165, 1.54) is 18.3 Å². The van der Waals surface area contributed by atoms with Crippen molar-refractivity contribution in [2.24, 2.45) is 5.10 Å². The molecular weight excluding hydrogens is 458 g/mol. The molecule has 0 spiro atoms. The summed E-state index contributed by atoms with van der Waals surface area (Å²) < 4.78 is 0. The van der Waals surface area contributed by atoms with Gasteiger partial charge in [-0.05, 0) is 59.7 Å². The zero-order valence-electron chi connectivity index (χ0n) is 19.8. The number of nitro groups is 1. The van der Waals surface area contributed by atoms with Crippen LogP contribution in [0.4, 0.5) is 11.4 Å². The number of anilines is 1. The Hall–Kier alpha value is -5.05. The van der Waals surface area contributed by atoms with E-state index in [0.29, 0.717) is 5.56 Å². The van der Waals surface area contributed by atoms with Crippen LogP contribution in [0.5, 0.6) is 0 Å². The van der Waals surface area contributed by atoms with E-state index in [4.69, 9.17) is 0 Å². The molecule has 182 valence electrons. The maximum Gasteiger partial charge on any atom is 0.287 e. The summed E-state index contributed by atoms with van der Waals surface area (Å²) in [6.45, 7) is 0. The van der Waals surface area contributed by atoms with Gasteiger partial charge in [0.1, 0.15) is 5.70 Å². The van der Waals surface area contributed by atoms with Gasteiger partial charge in [0.05, 0.1) is 4.92 Å². The van der Waals surface area contributed by atoms with Gasteiger partial charge in [-0.2, -0.15) is 5.10 Å². The van der Waals surface area contributed by atoms with E-state index in [2.05, 4.69) is 15.8 Å². The Kier molecular flexibility index (Phi) is 8.82. The van der Waals surface area contributed by atoms with Gasteiger partial charge in [0, 0.05) is 43.7 Å². The number of non-ortho nitro benzene ring substituents is 1. The first-order valence-corrected chi connectivity index (χ1v) is 10.9. The fourth-order valence-electron chi connectivity index (χ4n) is 3.04. The van der Waals surface area contributed by atoms with Crippen molar-refractivity contribution in [1.29, 1.82) is 0 Å². The molecule has 0 unspecified atom stereocenters. The van der Waals surface area contributed by atoms with Crippen LogP contribution in [-0.2, 0) is 4.79 Å². The number of nitro benzene ring substituents is 1. The molecular formula is C27H25N5O4. The molecule has 0 heterocycles. The fourth-order valence-corrected chi connectivity index (χ4v) is 3.04. The topological polar surface area (TPSA) is 117 Å². The van der Waals surface area contributed by atoms with E-state index in [-0.39, 0.29) is 11.4 Å². The predicted octanol–water partition coefficient (Wildman–Crippen LogP) is 4.25. The van der Waals surface area contributed by atoms with E-state index < -0.39 is 16.7 Å². The molecule has 0 atom stereocenters. The molecule has 0 aromatic heterocycles. The van der Waals surface area contributed by atoms with Crippen LogP contribution in [0.25, 0.3) is 12.2 Å². The van der Waals surface area contributed by atoms with Gasteiger partial charge in [0.2, 0.25) is 0 Å². The van der Waals surface area contributed by atoms with Crippen molar-refractivity contribution in [2.45, 2.75) is 0 Å². The predicted molar refractivity (Wildman–Crippen MR) is 141 cm³/mol. The number of hydrogen-bond acceptors (Lipinski definition) is 6. The highest BCUT2D eigenvalue weighted by molar-refractivity contribution is 6.05. The van der Waals surface area contributed by atoms with E-state index in [1.807, 2.05) is 43.3 Å². The Labute approximate surface area is 208 Å². The van der Waals surface area contributed by atoms with Crippen LogP contribution in [-0.4, -0.2) is 37.0 Å². The van der Waals surface area contributed by atoms with E-state index in [9.17, 15) is 19.7 Å². The van der Waals surface area contributed by atoms with Gasteiger partial charge in [0.25, 0.3) is 17.5 Å². The molecule has 0 aliphatic carbocycles. The van der Waals surface area contributed by atoms with Gasteiger partial charge in [-0.15, -0.1) is 0 Å². The molecule has 0 fully saturated rings. The quantitative estimate of drug-likeness (QED) is 0.204. The van der Waals surface area contributed by atoms with Crippen LogP contribution in [0.15, 0.2) is 95.7 Å². The summed E-state index contributed by atoms with van der Waals surface area (Å²) in [5.74, 6) is -1.03. The zero-order chi connectivity index (χ0) is 25.9. The molecule has 0 saturated carbocycles. The zero-order valence-corrected chi connectivity index (χ0v) is 19.8. The number of rotatable bonds is 9. The van der Waals surface area contributed by atoms with Crippen molar-refractivity contribution in [1.82, 2.24) is 10.7 Å². The second-order valence-electron chi connectivity index (χ2n) is 7.79. The molecule has 2 amide bonds. The lowest BCUT2D eigenvalue weighted by Gasteiger charge is -2.12. The van der Waals surface area contributed by atoms with Gasteiger partial charge >= 0.3 is 0 Å². The van der Waals surface area contributed by atoms with Crippen molar-refractivity contribution in [3.63, 3.8) is 0 Å². The minimum absolute atomic E-state index is 0.00120. The third-order valence-electron chi connectivity index (χ3n) is 4.97. The summed E-state index contributed by atoms with van der Waals surface area (Å²) in [5, 5.41) is 17.3.